The molecular weight excluding hydrogens is 170 g/mol. The molecule has 1 N–H and O–H groups in total. The van der Waals surface area contributed by atoms with Crippen molar-refractivity contribution in [2.75, 3.05) is 7.05 Å². The zero-order valence-electron chi connectivity index (χ0n) is 11.4. The third kappa shape index (κ3) is 8.55. The lowest BCUT2D eigenvalue weighted by Crippen LogP contribution is -2.30. The molecule has 0 amide bonds. The maximum absolute atomic E-state index is 3.37. The summed E-state index contributed by atoms with van der Waals surface area (Å²) in [6.07, 6.45) is 5.18. The van der Waals surface area contributed by atoms with Crippen LogP contribution in [0.15, 0.2) is 0 Å². The molecule has 1 heteroatoms. The molecule has 0 radical (unpaired) electrons. The first kappa shape index (κ1) is 16.4. The van der Waals surface area contributed by atoms with E-state index in [4.69, 9.17) is 0 Å². The first-order valence-corrected chi connectivity index (χ1v) is 6.23. The number of hydrogen-bond acceptors (Lipinski definition) is 1. The Kier molecular flexibility index (Phi) is 11.1. The third-order valence-electron chi connectivity index (χ3n) is 2.63. The van der Waals surface area contributed by atoms with E-state index in [2.05, 4.69) is 40.1 Å². The zero-order valence-corrected chi connectivity index (χ0v) is 11.4. The van der Waals surface area contributed by atoms with E-state index in [0.29, 0.717) is 11.5 Å². The summed E-state index contributed by atoms with van der Waals surface area (Å²) in [7, 11) is 2.07. The third-order valence-corrected chi connectivity index (χ3v) is 2.63. The van der Waals surface area contributed by atoms with Gasteiger partial charge >= 0.3 is 0 Å². The van der Waals surface area contributed by atoms with Crippen molar-refractivity contribution in [2.45, 2.75) is 73.3 Å². The maximum atomic E-state index is 3.37. The molecule has 1 nitrogen and oxygen atoms in total. The van der Waals surface area contributed by atoms with Crippen molar-refractivity contribution in [1.29, 1.82) is 0 Å². The number of nitrogens with one attached hydrogen (secondary N) is 1. The molecule has 88 valence electrons. The molecule has 0 saturated carbocycles. The van der Waals surface area contributed by atoms with Crippen LogP contribution in [0.4, 0.5) is 0 Å². The summed E-state index contributed by atoms with van der Waals surface area (Å²) in [6, 6.07) is 0.701. The number of rotatable bonds is 6. The fourth-order valence-corrected chi connectivity index (χ4v) is 1.90. The Morgan fingerprint density at radius 2 is 1.64 bits per heavy atom. The predicted molar refractivity (Wildman–Crippen MR) is 67.8 cm³/mol. The Hall–Kier alpha value is -0.0400. The van der Waals surface area contributed by atoms with Crippen molar-refractivity contribution in [3.8, 4) is 0 Å². The van der Waals surface area contributed by atoms with Gasteiger partial charge in [0, 0.05) is 6.04 Å². The fourth-order valence-electron chi connectivity index (χ4n) is 1.90. The van der Waals surface area contributed by atoms with E-state index >= 15 is 0 Å². The SMILES string of the molecule is CC.CCCC(C)(C)CC(CC)NC. The molecule has 0 aliphatic heterocycles. The molecule has 1 unspecified atom stereocenters. The summed E-state index contributed by atoms with van der Waals surface area (Å²) in [5.41, 5.74) is 0.512. The van der Waals surface area contributed by atoms with Crippen LogP contribution in [0.2, 0.25) is 0 Å². The first-order chi connectivity index (χ1) is 6.55. The molecule has 0 fully saturated rings. The minimum absolute atomic E-state index is 0.512. The van der Waals surface area contributed by atoms with Crippen LogP contribution in [0.25, 0.3) is 0 Å². The average Bonchev–Trinajstić information content (AvgIpc) is 2.17. The van der Waals surface area contributed by atoms with Crippen LogP contribution >= 0.6 is 0 Å². The van der Waals surface area contributed by atoms with Crippen LogP contribution in [0.5, 0.6) is 0 Å². The van der Waals surface area contributed by atoms with Crippen molar-refractivity contribution in [3.05, 3.63) is 0 Å². The summed E-state index contributed by atoms with van der Waals surface area (Å²) in [5, 5.41) is 3.37. The highest BCUT2D eigenvalue weighted by atomic mass is 14.9. The second-order valence-electron chi connectivity index (χ2n) is 4.51. The van der Waals surface area contributed by atoms with Gasteiger partial charge in [-0.3, -0.25) is 0 Å². The topological polar surface area (TPSA) is 12.0 Å². The van der Waals surface area contributed by atoms with E-state index < -0.39 is 0 Å². The summed E-state index contributed by atoms with van der Waals surface area (Å²) in [4.78, 5) is 0. The van der Waals surface area contributed by atoms with Gasteiger partial charge in [0.2, 0.25) is 0 Å². The fraction of sp³-hybridized carbons (Fsp3) is 1.00. The Bertz CT molecular complexity index is 104. The molecule has 0 aliphatic rings. The highest BCUT2D eigenvalue weighted by Crippen LogP contribution is 2.28. The average molecular weight is 201 g/mol. The van der Waals surface area contributed by atoms with Gasteiger partial charge in [0.1, 0.15) is 0 Å². The minimum atomic E-state index is 0.512. The van der Waals surface area contributed by atoms with Gasteiger partial charge in [-0.15, -0.1) is 0 Å². The van der Waals surface area contributed by atoms with Gasteiger partial charge in [-0.05, 0) is 31.7 Å². The standard InChI is InChI=1S/C11H25N.C2H6/c1-6-8-11(3,4)9-10(7-2)12-5;1-2/h10,12H,6-9H2,1-5H3;1-2H3. The summed E-state index contributed by atoms with van der Waals surface area (Å²) in [5.74, 6) is 0. The zero-order chi connectivity index (χ0) is 11.6. The Balaban J connectivity index is 0. The van der Waals surface area contributed by atoms with Gasteiger partial charge in [0.25, 0.3) is 0 Å². The molecule has 0 heterocycles. The molecule has 0 rings (SSSR count). The highest BCUT2D eigenvalue weighted by Gasteiger charge is 2.20. The van der Waals surface area contributed by atoms with E-state index in [9.17, 15) is 0 Å². The molecule has 1 atom stereocenters. The van der Waals surface area contributed by atoms with Crippen LogP contribution in [0.1, 0.15) is 67.2 Å². The quantitative estimate of drug-likeness (QED) is 0.678. The Morgan fingerprint density at radius 3 is 1.93 bits per heavy atom. The van der Waals surface area contributed by atoms with Crippen molar-refractivity contribution >= 4 is 0 Å². The summed E-state index contributed by atoms with van der Waals surface area (Å²) >= 11 is 0. The molecule has 0 aromatic rings. The Labute approximate surface area is 91.7 Å². The van der Waals surface area contributed by atoms with E-state index in [1.807, 2.05) is 13.8 Å². The second-order valence-corrected chi connectivity index (χ2v) is 4.51. The first-order valence-electron chi connectivity index (χ1n) is 6.23. The van der Waals surface area contributed by atoms with Crippen molar-refractivity contribution < 1.29 is 0 Å². The monoisotopic (exact) mass is 201 g/mol. The summed E-state index contributed by atoms with van der Waals surface area (Å²) in [6.45, 7) is 13.3. The highest BCUT2D eigenvalue weighted by molar-refractivity contribution is 4.75. The molecule has 0 spiro atoms. The lowest BCUT2D eigenvalue weighted by molar-refractivity contribution is 0.260. The van der Waals surface area contributed by atoms with E-state index in [0.717, 1.165) is 0 Å². The largest absolute Gasteiger partial charge is 0.317 e. The van der Waals surface area contributed by atoms with Crippen LogP contribution in [0, 0.1) is 5.41 Å². The molecule has 0 bridgehead atoms. The maximum Gasteiger partial charge on any atom is 0.00665 e. The van der Waals surface area contributed by atoms with E-state index in [1.54, 1.807) is 0 Å². The van der Waals surface area contributed by atoms with Crippen molar-refractivity contribution in [1.82, 2.24) is 5.32 Å². The lowest BCUT2D eigenvalue weighted by atomic mass is 9.81. The van der Waals surface area contributed by atoms with E-state index in [1.165, 1.54) is 25.7 Å². The van der Waals surface area contributed by atoms with Gasteiger partial charge in [0.05, 0.1) is 0 Å². The van der Waals surface area contributed by atoms with Gasteiger partial charge in [-0.2, -0.15) is 0 Å². The van der Waals surface area contributed by atoms with Gasteiger partial charge in [-0.1, -0.05) is 48.0 Å². The van der Waals surface area contributed by atoms with Gasteiger partial charge in [-0.25, -0.2) is 0 Å². The normalized spacial score (nSPS) is 13.1. The number of hydrogen-bond donors (Lipinski definition) is 1. The van der Waals surface area contributed by atoms with Gasteiger partial charge < -0.3 is 5.32 Å². The van der Waals surface area contributed by atoms with Crippen molar-refractivity contribution in [2.24, 2.45) is 5.41 Å². The predicted octanol–water partition coefficient (Wildman–Crippen LogP) is 4.23. The lowest BCUT2D eigenvalue weighted by Gasteiger charge is -2.28. The smallest absolute Gasteiger partial charge is 0.00665 e. The second kappa shape index (κ2) is 9.51. The van der Waals surface area contributed by atoms with Gasteiger partial charge in [0.15, 0.2) is 0 Å². The molecule has 0 aliphatic carbocycles. The molecular formula is C13H31N. The molecule has 14 heavy (non-hydrogen) atoms. The van der Waals surface area contributed by atoms with Crippen LogP contribution in [-0.4, -0.2) is 13.1 Å². The minimum Gasteiger partial charge on any atom is -0.317 e. The van der Waals surface area contributed by atoms with Crippen LogP contribution in [0.3, 0.4) is 0 Å². The van der Waals surface area contributed by atoms with Crippen molar-refractivity contribution in [3.63, 3.8) is 0 Å². The molecule has 0 aromatic heterocycles. The molecule has 0 saturated heterocycles. The molecule has 0 aromatic carbocycles. The van der Waals surface area contributed by atoms with Crippen LogP contribution < -0.4 is 5.32 Å². The Morgan fingerprint density at radius 1 is 1.14 bits per heavy atom. The van der Waals surface area contributed by atoms with E-state index in [-0.39, 0.29) is 0 Å². The van der Waals surface area contributed by atoms with Crippen LogP contribution in [-0.2, 0) is 0 Å². The summed E-state index contributed by atoms with van der Waals surface area (Å²) < 4.78 is 0.